The molecule has 206 valence electrons. The molecule has 0 radical (unpaired) electrons. The summed E-state index contributed by atoms with van der Waals surface area (Å²) in [7, 11) is 0. The fourth-order valence-corrected chi connectivity index (χ4v) is 5.79. The van der Waals surface area contributed by atoms with Crippen molar-refractivity contribution in [2.45, 2.75) is 32.1 Å². The third-order valence-corrected chi connectivity index (χ3v) is 7.91. The molecular formula is C33H26Cl3N3O2. The third-order valence-electron chi connectivity index (χ3n) is 7.21. The van der Waals surface area contributed by atoms with Crippen molar-refractivity contribution in [3.05, 3.63) is 117 Å². The molecule has 0 atom stereocenters. The fraction of sp³-hybridized carbons (Fsp3) is 0.182. The number of hydrogen-bond donors (Lipinski definition) is 0. The van der Waals surface area contributed by atoms with Crippen molar-refractivity contribution < 1.29 is 9.59 Å². The van der Waals surface area contributed by atoms with Gasteiger partial charge in [0.25, 0.3) is 0 Å². The average molecular weight is 603 g/mol. The lowest BCUT2D eigenvalue weighted by Crippen LogP contribution is -2.27. The van der Waals surface area contributed by atoms with Crippen LogP contribution in [0.15, 0.2) is 84.9 Å². The van der Waals surface area contributed by atoms with Gasteiger partial charge in [0.1, 0.15) is 12.3 Å². The minimum atomic E-state index is -0.227. The first-order valence-electron chi connectivity index (χ1n) is 13.2. The second-order valence-electron chi connectivity index (χ2n) is 9.73. The van der Waals surface area contributed by atoms with Crippen LogP contribution in [0.5, 0.6) is 0 Å². The Balaban J connectivity index is 0.000000165. The lowest BCUT2D eigenvalue weighted by Gasteiger charge is -2.24. The van der Waals surface area contributed by atoms with Gasteiger partial charge in [0.05, 0.1) is 28.8 Å². The highest BCUT2D eigenvalue weighted by atomic mass is 35.5. The largest absolute Gasteiger partial charge is 0.280 e. The van der Waals surface area contributed by atoms with Gasteiger partial charge in [-0.25, -0.2) is 0 Å². The Morgan fingerprint density at radius 3 is 1.49 bits per heavy atom. The molecule has 0 unspecified atom stereocenters. The Kier molecular flexibility index (Phi) is 8.95. The average Bonchev–Trinajstić information content (AvgIpc) is 3.24. The summed E-state index contributed by atoms with van der Waals surface area (Å²) in [6.45, 7) is 0. The molecule has 2 aliphatic rings. The van der Waals surface area contributed by atoms with Gasteiger partial charge >= 0.3 is 0 Å². The maximum atomic E-state index is 12.4. The second kappa shape index (κ2) is 12.8. The molecule has 5 nitrogen and oxygen atoms in total. The van der Waals surface area contributed by atoms with Crippen LogP contribution in [0.4, 0.5) is 22.7 Å². The molecule has 0 aliphatic carbocycles. The van der Waals surface area contributed by atoms with Gasteiger partial charge < -0.3 is 0 Å². The predicted octanol–water partition coefficient (Wildman–Crippen LogP) is 8.36. The molecule has 0 saturated heterocycles. The summed E-state index contributed by atoms with van der Waals surface area (Å²) in [6, 6.07) is 29.0. The van der Waals surface area contributed by atoms with E-state index in [9.17, 15) is 9.59 Å². The van der Waals surface area contributed by atoms with Crippen molar-refractivity contribution in [3.63, 3.8) is 0 Å². The van der Waals surface area contributed by atoms with E-state index in [1.54, 1.807) is 15.9 Å². The van der Waals surface area contributed by atoms with Crippen LogP contribution in [0.2, 0.25) is 10.0 Å². The quantitative estimate of drug-likeness (QED) is 0.217. The Hall–Kier alpha value is -3.82. The van der Waals surface area contributed by atoms with E-state index >= 15 is 0 Å². The highest BCUT2D eigenvalue weighted by Gasteiger charge is 2.26. The number of rotatable bonds is 2. The smallest absolute Gasteiger partial charge is 0.246 e. The number of hydrogen-bond acceptors (Lipinski definition) is 3. The first kappa shape index (κ1) is 28.7. The number of nitriles is 1. The van der Waals surface area contributed by atoms with Crippen LogP contribution in [-0.2, 0) is 35.3 Å². The van der Waals surface area contributed by atoms with E-state index in [-0.39, 0.29) is 24.1 Å². The number of halogens is 3. The van der Waals surface area contributed by atoms with Crippen molar-refractivity contribution in [2.75, 3.05) is 15.7 Å². The van der Waals surface area contributed by atoms with Crippen molar-refractivity contribution >= 4 is 69.4 Å². The third kappa shape index (κ3) is 6.11. The number of nitrogens with zero attached hydrogens (tertiary/aromatic N) is 3. The minimum absolute atomic E-state index is 0.0553. The molecule has 0 spiro atoms. The zero-order chi connectivity index (χ0) is 28.9. The van der Waals surface area contributed by atoms with Crippen LogP contribution in [0, 0.1) is 11.3 Å². The molecule has 4 aromatic carbocycles. The molecule has 0 fully saturated rings. The minimum Gasteiger partial charge on any atom is -0.280 e. The Morgan fingerprint density at radius 1 is 0.634 bits per heavy atom. The first-order valence-corrected chi connectivity index (χ1v) is 14.5. The van der Waals surface area contributed by atoms with E-state index in [2.05, 4.69) is 6.07 Å². The van der Waals surface area contributed by atoms with Gasteiger partial charge in [-0.05, 0) is 84.3 Å². The first-order chi connectivity index (χ1) is 19.9. The Labute approximate surface area is 254 Å². The highest BCUT2D eigenvalue weighted by Crippen LogP contribution is 2.39. The molecule has 2 aliphatic heterocycles. The fourth-order valence-electron chi connectivity index (χ4n) is 5.34. The number of anilines is 4. The molecule has 2 heterocycles. The summed E-state index contributed by atoms with van der Waals surface area (Å²) in [5.41, 5.74) is 7.82. The molecule has 4 aromatic rings. The van der Waals surface area contributed by atoms with Gasteiger partial charge in [-0.3, -0.25) is 19.4 Å². The van der Waals surface area contributed by atoms with Gasteiger partial charge in [0.15, 0.2) is 0 Å². The molecule has 41 heavy (non-hydrogen) atoms. The summed E-state index contributed by atoms with van der Waals surface area (Å²) in [6.07, 6.45) is 3.34. The van der Waals surface area contributed by atoms with E-state index in [4.69, 9.17) is 40.1 Å². The zero-order valence-electron chi connectivity index (χ0n) is 22.1. The van der Waals surface area contributed by atoms with E-state index in [1.165, 1.54) is 0 Å². The number of benzene rings is 4. The summed E-state index contributed by atoms with van der Waals surface area (Å²) in [5.74, 6) is -0.416. The van der Waals surface area contributed by atoms with Gasteiger partial charge in [-0.2, -0.15) is 5.26 Å². The lowest BCUT2D eigenvalue weighted by molar-refractivity contribution is -0.117. The monoisotopic (exact) mass is 601 g/mol. The van der Waals surface area contributed by atoms with Crippen LogP contribution < -0.4 is 9.80 Å². The summed E-state index contributed by atoms with van der Waals surface area (Å²) < 4.78 is 0. The van der Waals surface area contributed by atoms with Crippen LogP contribution in [0.1, 0.15) is 28.7 Å². The predicted molar refractivity (Wildman–Crippen MR) is 166 cm³/mol. The number of para-hydroxylation sites is 2. The Morgan fingerprint density at radius 2 is 1.05 bits per heavy atom. The van der Waals surface area contributed by atoms with Gasteiger partial charge in [-0.15, -0.1) is 11.6 Å². The normalized spacial score (nSPS) is 13.1. The molecule has 2 amide bonds. The molecule has 6 rings (SSSR count). The van der Waals surface area contributed by atoms with E-state index in [0.717, 1.165) is 70.7 Å². The second-order valence-corrected chi connectivity index (χ2v) is 10.9. The van der Waals surface area contributed by atoms with Gasteiger partial charge in [-0.1, -0.05) is 71.7 Å². The summed E-state index contributed by atoms with van der Waals surface area (Å²) in [4.78, 5) is 28.1. The lowest BCUT2D eigenvalue weighted by atomic mass is 10.0. The standard InChI is InChI=1S/C17H13ClN2O.C16H13Cl2NO/c18-14-8-7-13-6-5-12-3-1-2-4-15(12)20(16(13)11-14)17(21)9-10-19;17-10-16(20)19-14-4-2-1-3-11(14)5-6-12-7-8-13(18)9-15(12)19/h1-4,7-8,11H,5-6,9H2;1-4,7-9H,5-6,10H2. The highest BCUT2D eigenvalue weighted by molar-refractivity contribution is 6.32. The van der Waals surface area contributed by atoms with Crippen molar-refractivity contribution in [1.29, 1.82) is 5.26 Å². The molecule has 0 aromatic heterocycles. The summed E-state index contributed by atoms with van der Waals surface area (Å²) in [5, 5.41) is 10.1. The van der Waals surface area contributed by atoms with E-state index in [0.29, 0.717) is 10.0 Å². The van der Waals surface area contributed by atoms with E-state index in [1.807, 2.05) is 78.9 Å². The zero-order valence-corrected chi connectivity index (χ0v) is 24.4. The van der Waals surface area contributed by atoms with Crippen LogP contribution in [0.25, 0.3) is 0 Å². The number of carbonyl (C=O) groups excluding carboxylic acids is 2. The van der Waals surface area contributed by atoms with Crippen LogP contribution >= 0.6 is 34.8 Å². The number of aryl methyl sites for hydroxylation is 4. The van der Waals surface area contributed by atoms with Crippen molar-refractivity contribution in [3.8, 4) is 6.07 Å². The summed E-state index contributed by atoms with van der Waals surface area (Å²) >= 11 is 18.0. The maximum absolute atomic E-state index is 12.4. The molecular weight excluding hydrogens is 577 g/mol. The SMILES string of the molecule is N#CCC(=O)N1c2ccccc2CCc2ccc(Cl)cc21.O=C(CCl)N1c2ccccc2CCc2ccc(Cl)cc21. The van der Waals surface area contributed by atoms with Crippen LogP contribution in [-0.4, -0.2) is 17.7 Å². The number of amides is 2. The molecule has 0 saturated carbocycles. The molecule has 0 N–H and O–H groups in total. The van der Waals surface area contributed by atoms with Gasteiger partial charge in [0.2, 0.25) is 11.8 Å². The van der Waals surface area contributed by atoms with Crippen LogP contribution in [0.3, 0.4) is 0 Å². The molecule has 0 bridgehead atoms. The maximum Gasteiger partial charge on any atom is 0.246 e. The number of alkyl halides is 1. The van der Waals surface area contributed by atoms with Crippen molar-refractivity contribution in [2.24, 2.45) is 0 Å². The van der Waals surface area contributed by atoms with Crippen molar-refractivity contribution in [1.82, 2.24) is 0 Å². The number of carbonyl (C=O) groups is 2. The number of fused-ring (bicyclic) bond motifs is 4. The molecule has 8 heteroatoms. The Bertz CT molecular complexity index is 1660. The topological polar surface area (TPSA) is 64.4 Å². The van der Waals surface area contributed by atoms with E-state index < -0.39 is 0 Å². The van der Waals surface area contributed by atoms with Gasteiger partial charge in [0, 0.05) is 10.0 Å².